The van der Waals surface area contributed by atoms with Crippen molar-refractivity contribution in [2.24, 2.45) is 0 Å². The molecule has 1 unspecified atom stereocenters. The van der Waals surface area contributed by atoms with Crippen molar-refractivity contribution in [2.45, 2.75) is 25.0 Å². The maximum Gasteiger partial charge on any atom is 0.119 e. The molecule has 1 N–H and O–H groups in total. The van der Waals surface area contributed by atoms with Crippen molar-refractivity contribution in [3.63, 3.8) is 0 Å². The van der Waals surface area contributed by atoms with Crippen molar-refractivity contribution >= 4 is 11.8 Å². The predicted molar refractivity (Wildman–Crippen MR) is 87.1 cm³/mol. The van der Waals surface area contributed by atoms with Crippen molar-refractivity contribution in [3.05, 3.63) is 53.2 Å². The van der Waals surface area contributed by atoms with Gasteiger partial charge in [-0.05, 0) is 37.6 Å². The average molecular weight is 314 g/mol. The van der Waals surface area contributed by atoms with Crippen LogP contribution < -0.4 is 4.74 Å². The second kappa shape index (κ2) is 7.83. The number of hydrogen-bond donors (Lipinski definition) is 1. The van der Waals surface area contributed by atoms with Crippen LogP contribution in [0.4, 0.5) is 0 Å². The van der Waals surface area contributed by atoms with Gasteiger partial charge in [0.1, 0.15) is 23.5 Å². The molecule has 2 aromatic rings. The number of aryl methyl sites for hydroxylation is 2. The average Bonchev–Trinajstić information content (AvgIpc) is 2.51. The van der Waals surface area contributed by atoms with Crippen LogP contribution in [-0.2, 0) is 0 Å². The molecule has 0 amide bonds. The molecule has 0 radical (unpaired) electrons. The molecule has 1 atom stereocenters. The molecule has 5 heteroatoms. The largest absolute Gasteiger partial charge is 0.491 e. The van der Waals surface area contributed by atoms with Gasteiger partial charge in [-0.1, -0.05) is 18.2 Å². The van der Waals surface area contributed by atoms with Gasteiger partial charge in [0.05, 0.1) is 11.7 Å². The number of rotatable bonds is 6. The van der Waals surface area contributed by atoms with Crippen molar-refractivity contribution in [1.29, 1.82) is 5.26 Å². The fourth-order valence-electron chi connectivity index (χ4n) is 1.98. The SMILES string of the molecule is Cc1cc(C)c(C#N)c(SCC(O)COc2ccccc2)n1. The van der Waals surface area contributed by atoms with Gasteiger partial charge in [-0.25, -0.2) is 4.98 Å². The Morgan fingerprint density at radius 3 is 2.73 bits per heavy atom. The lowest BCUT2D eigenvalue weighted by Crippen LogP contribution is -2.20. The van der Waals surface area contributed by atoms with E-state index in [1.807, 2.05) is 50.2 Å². The molecule has 0 saturated carbocycles. The van der Waals surface area contributed by atoms with Gasteiger partial charge in [0, 0.05) is 11.4 Å². The van der Waals surface area contributed by atoms with E-state index in [4.69, 9.17) is 4.74 Å². The summed E-state index contributed by atoms with van der Waals surface area (Å²) in [4.78, 5) is 4.38. The van der Waals surface area contributed by atoms with Gasteiger partial charge in [0.15, 0.2) is 0 Å². The van der Waals surface area contributed by atoms with Crippen LogP contribution in [0.3, 0.4) is 0 Å². The zero-order valence-corrected chi connectivity index (χ0v) is 13.4. The first-order valence-corrected chi connectivity index (χ1v) is 7.95. The number of thioether (sulfide) groups is 1. The topological polar surface area (TPSA) is 66.1 Å². The standard InChI is InChI=1S/C17H18N2O2S/c1-12-8-13(2)19-17(16(12)9-18)22-11-14(20)10-21-15-6-4-3-5-7-15/h3-8,14,20H,10-11H2,1-2H3. The van der Waals surface area contributed by atoms with Crippen molar-refractivity contribution < 1.29 is 9.84 Å². The lowest BCUT2D eigenvalue weighted by molar-refractivity contribution is 0.126. The highest BCUT2D eigenvalue weighted by molar-refractivity contribution is 7.99. The number of aliphatic hydroxyl groups is 1. The predicted octanol–water partition coefficient (Wildman–Crippen LogP) is 3.10. The van der Waals surface area contributed by atoms with Crippen LogP contribution in [0.25, 0.3) is 0 Å². The highest BCUT2D eigenvalue weighted by Crippen LogP contribution is 2.24. The van der Waals surface area contributed by atoms with Gasteiger partial charge in [-0.2, -0.15) is 5.26 Å². The Kier molecular flexibility index (Phi) is 5.82. The molecule has 0 fully saturated rings. The van der Waals surface area contributed by atoms with Gasteiger partial charge < -0.3 is 9.84 Å². The fourth-order valence-corrected chi connectivity index (χ4v) is 2.98. The second-order valence-corrected chi connectivity index (χ2v) is 5.97. The summed E-state index contributed by atoms with van der Waals surface area (Å²) in [6, 6.07) is 13.4. The van der Waals surface area contributed by atoms with E-state index in [2.05, 4.69) is 11.1 Å². The quantitative estimate of drug-likeness (QED) is 0.830. The fraction of sp³-hybridized carbons (Fsp3) is 0.294. The van der Waals surface area contributed by atoms with Crippen LogP contribution in [-0.4, -0.2) is 28.6 Å². The lowest BCUT2D eigenvalue weighted by Gasteiger charge is -2.13. The summed E-state index contributed by atoms with van der Waals surface area (Å²) >= 11 is 1.38. The Hall–Kier alpha value is -2.03. The van der Waals surface area contributed by atoms with Crippen LogP contribution in [0.1, 0.15) is 16.8 Å². The van der Waals surface area contributed by atoms with E-state index in [0.29, 0.717) is 16.3 Å². The Morgan fingerprint density at radius 2 is 2.05 bits per heavy atom. The molecule has 0 aliphatic carbocycles. The third-order valence-corrected chi connectivity index (χ3v) is 4.14. The molecular weight excluding hydrogens is 296 g/mol. The maximum absolute atomic E-state index is 10.0. The monoisotopic (exact) mass is 314 g/mol. The van der Waals surface area contributed by atoms with E-state index >= 15 is 0 Å². The smallest absolute Gasteiger partial charge is 0.119 e. The minimum atomic E-state index is -0.626. The van der Waals surface area contributed by atoms with Crippen molar-refractivity contribution in [2.75, 3.05) is 12.4 Å². The third kappa shape index (κ3) is 4.48. The van der Waals surface area contributed by atoms with Gasteiger partial charge in [0.2, 0.25) is 0 Å². The summed E-state index contributed by atoms with van der Waals surface area (Å²) in [5.41, 5.74) is 2.35. The number of benzene rings is 1. The number of ether oxygens (including phenoxy) is 1. The summed E-state index contributed by atoms with van der Waals surface area (Å²) in [5.74, 6) is 1.16. The Labute approximate surface area is 134 Å². The Balaban J connectivity index is 1.91. The van der Waals surface area contributed by atoms with Gasteiger partial charge in [-0.15, -0.1) is 11.8 Å². The first-order valence-electron chi connectivity index (χ1n) is 6.97. The molecule has 2 rings (SSSR count). The molecule has 0 saturated heterocycles. The molecule has 114 valence electrons. The Morgan fingerprint density at radius 1 is 1.32 bits per heavy atom. The number of aliphatic hydroxyl groups excluding tert-OH is 1. The number of para-hydroxylation sites is 1. The zero-order valence-electron chi connectivity index (χ0n) is 12.6. The number of nitrogens with zero attached hydrogens (tertiary/aromatic N) is 2. The van der Waals surface area contributed by atoms with Gasteiger partial charge >= 0.3 is 0 Å². The first kappa shape index (κ1) is 16.3. The van der Waals surface area contributed by atoms with Crippen molar-refractivity contribution in [3.8, 4) is 11.8 Å². The molecule has 1 aromatic heterocycles. The van der Waals surface area contributed by atoms with E-state index in [1.54, 1.807) is 0 Å². The van der Waals surface area contributed by atoms with Gasteiger partial charge in [0.25, 0.3) is 0 Å². The van der Waals surface area contributed by atoms with Crippen LogP contribution in [0.2, 0.25) is 0 Å². The first-order chi connectivity index (χ1) is 10.6. The van der Waals surface area contributed by atoms with E-state index in [1.165, 1.54) is 11.8 Å². The summed E-state index contributed by atoms with van der Waals surface area (Å²) < 4.78 is 5.51. The van der Waals surface area contributed by atoms with E-state index in [-0.39, 0.29) is 6.61 Å². The van der Waals surface area contributed by atoms with E-state index in [0.717, 1.165) is 17.0 Å². The number of pyridine rings is 1. The van der Waals surface area contributed by atoms with Crippen LogP contribution >= 0.6 is 11.8 Å². The number of hydrogen-bond acceptors (Lipinski definition) is 5. The molecule has 0 spiro atoms. The number of aromatic nitrogens is 1. The van der Waals surface area contributed by atoms with Gasteiger partial charge in [-0.3, -0.25) is 0 Å². The normalized spacial score (nSPS) is 11.7. The zero-order chi connectivity index (χ0) is 15.9. The minimum Gasteiger partial charge on any atom is -0.491 e. The second-order valence-electron chi connectivity index (χ2n) is 4.96. The molecule has 0 aliphatic rings. The van der Waals surface area contributed by atoms with E-state index < -0.39 is 6.10 Å². The van der Waals surface area contributed by atoms with Crippen molar-refractivity contribution in [1.82, 2.24) is 4.98 Å². The molecule has 1 heterocycles. The summed E-state index contributed by atoms with van der Waals surface area (Å²) in [7, 11) is 0. The molecule has 0 aliphatic heterocycles. The summed E-state index contributed by atoms with van der Waals surface area (Å²) in [6.45, 7) is 4.00. The minimum absolute atomic E-state index is 0.212. The third-order valence-electron chi connectivity index (χ3n) is 3.02. The van der Waals surface area contributed by atoms with Crippen LogP contribution in [0.15, 0.2) is 41.4 Å². The highest BCUT2D eigenvalue weighted by Gasteiger charge is 2.12. The molecule has 4 nitrogen and oxygen atoms in total. The molecule has 1 aromatic carbocycles. The molecular formula is C17H18N2O2S. The summed E-state index contributed by atoms with van der Waals surface area (Å²) in [6.07, 6.45) is -0.626. The highest BCUT2D eigenvalue weighted by atomic mass is 32.2. The molecule has 0 bridgehead atoms. The molecule has 22 heavy (non-hydrogen) atoms. The van der Waals surface area contributed by atoms with Crippen LogP contribution in [0, 0.1) is 25.2 Å². The van der Waals surface area contributed by atoms with Crippen LogP contribution in [0.5, 0.6) is 5.75 Å². The van der Waals surface area contributed by atoms with E-state index in [9.17, 15) is 10.4 Å². The lowest BCUT2D eigenvalue weighted by atomic mass is 10.1. The number of nitriles is 1. The Bertz CT molecular complexity index is 668. The summed E-state index contributed by atoms with van der Waals surface area (Å²) in [5, 5.41) is 19.9. The maximum atomic E-state index is 10.0.